The quantitative estimate of drug-likeness (QED) is 0.481. The highest BCUT2D eigenvalue weighted by molar-refractivity contribution is 6.01. The second kappa shape index (κ2) is 9.26. The molecule has 0 radical (unpaired) electrons. The van der Waals surface area contributed by atoms with Gasteiger partial charge in [-0.25, -0.2) is 9.67 Å². The first-order valence-corrected chi connectivity index (χ1v) is 10.1. The van der Waals surface area contributed by atoms with E-state index in [1.165, 1.54) is 5.56 Å². The Morgan fingerprint density at radius 2 is 1.74 bits per heavy atom. The summed E-state index contributed by atoms with van der Waals surface area (Å²) in [6.45, 7) is 2.03. The van der Waals surface area contributed by atoms with Crippen molar-refractivity contribution in [2.75, 3.05) is 12.4 Å². The van der Waals surface area contributed by atoms with Crippen LogP contribution >= 0.6 is 0 Å². The van der Waals surface area contributed by atoms with Crippen molar-refractivity contribution in [2.24, 2.45) is 0 Å². The summed E-state index contributed by atoms with van der Waals surface area (Å²) in [5, 5.41) is 7.39. The zero-order chi connectivity index (χ0) is 21.6. The van der Waals surface area contributed by atoms with Crippen LogP contribution in [-0.4, -0.2) is 27.8 Å². The molecule has 1 heterocycles. The van der Waals surface area contributed by atoms with Crippen LogP contribution in [0.5, 0.6) is 5.75 Å². The normalized spacial score (nSPS) is 10.6. The second-order valence-corrected chi connectivity index (χ2v) is 7.27. The first kappa shape index (κ1) is 20.3. The van der Waals surface area contributed by atoms with Crippen LogP contribution in [0.2, 0.25) is 0 Å². The van der Waals surface area contributed by atoms with E-state index in [0.717, 1.165) is 29.2 Å². The number of aryl methyl sites for hydroxylation is 3. The molecule has 1 N–H and O–H groups in total. The molecule has 0 atom stereocenters. The molecule has 0 bridgehead atoms. The van der Waals surface area contributed by atoms with Crippen molar-refractivity contribution in [2.45, 2.75) is 19.8 Å². The van der Waals surface area contributed by atoms with Crippen molar-refractivity contribution < 1.29 is 9.53 Å². The van der Waals surface area contributed by atoms with Gasteiger partial charge in [0.15, 0.2) is 0 Å². The highest BCUT2D eigenvalue weighted by Crippen LogP contribution is 2.17. The number of aromatic nitrogens is 3. The van der Waals surface area contributed by atoms with Crippen LogP contribution in [0, 0.1) is 6.92 Å². The molecule has 6 nitrogen and oxygen atoms in total. The molecule has 0 fully saturated rings. The van der Waals surface area contributed by atoms with Crippen LogP contribution in [0.15, 0.2) is 78.9 Å². The Hall–Kier alpha value is -3.93. The monoisotopic (exact) mass is 412 g/mol. The van der Waals surface area contributed by atoms with Crippen molar-refractivity contribution in [1.29, 1.82) is 0 Å². The van der Waals surface area contributed by atoms with Gasteiger partial charge in [-0.05, 0) is 60.9 Å². The van der Waals surface area contributed by atoms with Gasteiger partial charge >= 0.3 is 0 Å². The van der Waals surface area contributed by atoms with E-state index in [2.05, 4.69) is 27.5 Å². The van der Waals surface area contributed by atoms with Crippen LogP contribution in [0.4, 0.5) is 5.69 Å². The highest BCUT2D eigenvalue weighted by atomic mass is 16.5. The van der Waals surface area contributed by atoms with E-state index in [0.29, 0.717) is 12.1 Å². The molecule has 3 aromatic carbocycles. The Bertz CT molecular complexity index is 1170. The summed E-state index contributed by atoms with van der Waals surface area (Å²) >= 11 is 0. The molecule has 0 aliphatic carbocycles. The van der Waals surface area contributed by atoms with Gasteiger partial charge in [-0.15, -0.1) is 5.10 Å². The van der Waals surface area contributed by atoms with Gasteiger partial charge in [0.25, 0.3) is 5.91 Å². The number of anilines is 1. The van der Waals surface area contributed by atoms with Crippen LogP contribution < -0.4 is 10.1 Å². The third-order valence-corrected chi connectivity index (χ3v) is 4.95. The lowest BCUT2D eigenvalue weighted by Gasteiger charge is -2.07. The van der Waals surface area contributed by atoms with Crippen molar-refractivity contribution in [3.8, 4) is 11.4 Å². The Morgan fingerprint density at radius 3 is 2.45 bits per heavy atom. The average molecular weight is 412 g/mol. The summed E-state index contributed by atoms with van der Waals surface area (Å²) in [6.07, 6.45) is 1.48. The fourth-order valence-corrected chi connectivity index (χ4v) is 3.33. The lowest BCUT2D eigenvalue weighted by Crippen LogP contribution is -2.14. The van der Waals surface area contributed by atoms with E-state index >= 15 is 0 Å². The summed E-state index contributed by atoms with van der Waals surface area (Å²) in [5.41, 5.74) is 3.87. The molecule has 0 aliphatic rings. The minimum absolute atomic E-state index is 0.139. The van der Waals surface area contributed by atoms with E-state index in [4.69, 9.17) is 4.74 Å². The lowest BCUT2D eigenvalue weighted by atomic mass is 10.1. The molecule has 0 saturated heterocycles. The molecule has 1 aromatic heterocycles. The first-order chi connectivity index (χ1) is 15.1. The van der Waals surface area contributed by atoms with Gasteiger partial charge in [0.05, 0.1) is 12.8 Å². The summed E-state index contributed by atoms with van der Waals surface area (Å²) in [6, 6.07) is 25.4. The number of benzene rings is 3. The maximum atomic E-state index is 12.8. The SMILES string of the molecule is COc1ccc(NC(=O)c2nc(CCc3ccccc3)n(-c3cccc(C)c3)n2)cc1. The molecule has 156 valence electrons. The fraction of sp³-hybridized carbons (Fsp3) is 0.160. The molecule has 31 heavy (non-hydrogen) atoms. The first-order valence-electron chi connectivity index (χ1n) is 10.1. The number of amides is 1. The number of carbonyl (C=O) groups is 1. The molecular formula is C25H24N4O2. The predicted molar refractivity (Wildman–Crippen MR) is 121 cm³/mol. The van der Waals surface area contributed by atoms with E-state index in [1.807, 2.05) is 49.4 Å². The molecule has 4 aromatic rings. The zero-order valence-corrected chi connectivity index (χ0v) is 17.6. The van der Waals surface area contributed by atoms with Gasteiger partial charge in [0, 0.05) is 12.1 Å². The van der Waals surface area contributed by atoms with Crippen LogP contribution in [-0.2, 0) is 12.8 Å². The van der Waals surface area contributed by atoms with Crippen molar-refractivity contribution in [3.63, 3.8) is 0 Å². The van der Waals surface area contributed by atoms with Crippen molar-refractivity contribution in [1.82, 2.24) is 14.8 Å². The van der Waals surface area contributed by atoms with E-state index in [-0.39, 0.29) is 11.7 Å². The van der Waals surface area contributed by atoms with Gasteiger partial charge in [-0.3, -0.25) is 4.79 Å². The predicted octanol–water partition coefficient (Wildman–Crippen LogP) is 4.62. The number of nitrogens with one attached hydrogen (secondary N) is 1. The average Bonchev–Trinajstić information content (AvgIpc) is 3.23. The summed E-state index contributed by atoms with van der Waals surface area (Å²) < 4.78 is 6.92. The van der Waals surface area contributed by atoms with Gasteiger partial charge < -0.3 is 10.1 Å². The third-order valence-electron chi connectivity index (χ3n) is 4.95. The highest BCUT2D eigenvalue weighted by Gasteiger charge is 2.18. The molecule has 6 heteroatoms. The number of rotatable bonds is 7. The molecule has 0 unspecified atom stereocenters. The van der Waals surface area contributed by atoms with E-state index < -0.39 is 0 Å². The standard InChI is InChI=1S/C25H24N4O2/c1-18-7-6-10-21(17-18)29-23(16-11-19-8-4-3-5-9-19)27-24(28-29)25(30)26-20-12-14-22(31-2)15-13-20/h3-10,12-15,17H,11,16H2,1-2H3,(H,26,30). The van der Waals surface area contributed by atoms with Crippen LogP contribution in [0.3, 0.4) is 0 Å². The topological polar surface area (TPSA) is 69.0 Å². The fourth-order valence-electron chi connectivity index (χ4n) is 3.33. The third kappa shape index (κ3) is 4.98. The molecule has 0 saturated carbocycles. The lowest BCUT2D eigenvalue weighted by molar-refractivity contribution is 0.101. The number of hydrogen-bond donors (Lipinski definition) is 1. The minimum Gasteiger partial charge on any atom is -0.497 e. The summed E-state index contributed by atoms with van der Waals surface area (Å²) in [5.74, 6) is 1.26. The van der Waals surface area contributed by atoms with Crippen molar-refractivity contribution >= 4 is 11.6 Å². The Morgan fingerprint density at radius 1 is 0.968 bits per heavy atom. The van der Waals surface area contributed by atoms with E-state index in [9.17, 15) is 4.79 Å². The van der Waals surface area contributed by atoms with Gasteiger partial charge in [0.1, 0.15) is 11.6 Å². The number of ether oxygens (including phenoxy) is 1. The number of carbonyl (C=O) groups excluding carboxylic acids is 1. The van der Waals surface area contributed by atoms with E-state index in [1.54, 1.807) is 36.1 Å². The summed E-state index contributed by atoms with van der Waals surface area (Å²) in [4.78, 5) is 17.4. The van der Waals surface area contributed by atoms with Crippen LogP contribution in [0.1, 0.15) is 27.6 Å². The second-order valence-electron chi connectivity index (χ2n) is 7.27. The molecular weight excluding hydrogens is 388 g/mol. The molecule has 1 amide bonds. The largest absolute Gasteiger partial charge is 0.497 e. The van der Waals surface area contributed by atoms with Gasteiger partial charge in [-0.1, -0.05) is 42.5 Å². The molecule has 0 aliphatic heterocycles. The number of methoxy groups -OCH3 is 1. The zero-order valence-electron chi connectivity index (χ0n) is 17.6. The molecule has 0 spiro atoms. The Kier molecular flexibility index (Phi) is 6.08. The Labute approximate surface area is 181 Å². The molecule has 4 rings (SSSR count). The van der Waals surface area contributed by atoms with Crippen LogP contribution in [0.25, 0.3) is 5.69 Å². The maximum Gasteiger partial charge on any atom is 0.295 e. The van der Waals surface area contributed by atoms with Crippen molar-refractivity contribution in [3.05, 3.63) is 102 Å². The smallest absolute Gasteiger partial charge is 0.295 e. The number of nitrogens with zero attached hydrogens (tertiary/aromatic N) is 3. The maximum absolute atomic E-state index is 12.8. The Balaban J connectivity index is 1.60. The minimum atomic E-state index is -0.350. The number of hydrogen-bond acceptors (Lipinski definition) is 4. The van der Waals surface area contributed by atoms with Gasteiger partial charge in [0.2, 0.25) is 5.82 Å². The summed E-state index contributed by atoms with van der Waals surface area (Å²) in [7, 11) is 1.60. The van der Waals surface area contributed by atoms with Gasteiger partial charge in [-0.2, -0.15) is 0 Å².